The van der Waals surface area contributed by atoms with Gasteiger partial charge in [0.25, 0.3) is 0 Å². The number of anilines is 1. The molecule has 0 saturated heterocycles. The second-order valence-electron chi connectivity index (χ2n) is 4.91. The van der Waals surface area contributed by atoms with E-state index in [0.717, 1.165) is 31.2 Å². The Kier molecular flexibility index (Phi) is 7.31. The molecular formula is C16H22ClNO2. The fraction of sp³-hybridized carbons (Fsp3) is 0.500. The first-order chi connectivity index (χ1) is 9.54. The second kappa shape index (κ2) is 8.75. The maximum atomic E-state index is 11.2. The number of rotatable bonds is 8. The summed E-state index contributed by atoms with van der Waals surface area (Å²) in [4.78, 5) is 22.3. The zero-order valence-corrected chi connectivity index (χ0v) is 12.9. The van der Waals surface area contributed by atoms with E-state index in [2.05, 4.69) is 5.32 Å². The van der Waals surface area contributed by atoms with Gasteiger partial charge in [-0.25, -0.2) is 0 Å². The number of halogens is 1. The molecule has 0 aliphatic heterocycles. The van der Waals surface area contributed by atoms with Crippen LogP contribution in [0.25, 0.3) is 0 Å². The second-order valence-corrected chi connectivity index (χ2v) is 5.29. The largest absolute Gasteiger partial charge is 0.325 e. The highest BCUT2D eigenvalue weighted by atomic mass is 35.5. The minimum absolute atomic E-state index is 0.123. The van der Waals surface area contributed by atoms with E-state index in [1.54, 1.807) is 6.07 Å². The van der Waals surface area contributed by atoms with E-state index < -0.39 is 0 Å². The summed E-state index contributed by atoms with van der Waals surface area (Å²) in [7, 11) is 0. The maximum Gasteiger partial charge on any atom is 0.221 e. The summed E-state index contributed by atoms with van der Waals surface area (Å²) in [6.07, 6.45) is 5.13. The van der Waals surface area contributed by atoms with Gasteiger partial charge >= 0.3 is 0 Å². The van der Waals surface area contributed by atoms with Gasteiger partial charge < -0.3 is 5.32 Å². The zero-order chi connectivity index (χ0) is 15.0. The number of benzene rings is 1. The molecule has 1 N–H and O–H groups in total. The smallest absolute Gasteiger partial charge is 0.221 e. The summed E-state index contributed by atoms with van der Waals surface area (Å²) >= 11 is 6.27. The monoisotopic (exact) mass is 295 g/mol. The Morgan fingerprint density at radius 1 is 1.20 bits per heavy atom. The number of carbonyl (C=O) groups excluding carboxylic acids is 2. The van der Waals surface area contributed by atoms with Gasteiger partial charge in [0, 0.05) is 19.8 Å². The summed E-state index contributed by atoms with van der Waals surface area (Å²) in [6.45, 7) is 3.36. The molecule has 0 bridgehead atoms. The molecule has 0 aliphatic rings. The van der Waals surface area contributed by atoms with Gasteiger partial charge in [-0.2, -0.15) is 0 Å². The quantitative estimate of drug-likeness (QED) is 0.723. The molecule has 0 radical (unpaired) electrons. The van der Waals surface area contributed by atoms with Crippen molar-refractivity contribution in [3.8, 4) is 0 Å². The first-order valence-corrected chi connectivity index (χ1v) is 7.49. The Balaban J connectivity index is 2.44. The van der Waals surface area contributed by atoms with Gasteiger partial charge in [-0.3, -0.25) is 9.59 Å². The van der Waals surface area contributed by atoms with Gasteiger partial charge in [-0.05, 0) is 30.9 Å². The molecule has 0 atom stereocenters. The van der Waals surface area contributed by atoms with Crippen LogP contribution in [0.1, 0.15) is 51.5 Å². The molecule has 110 valence electrons. The third-order valence-corrected chi connectivity index (χ3v) is 3.63. The number of aryl methyl sites for hydroxylation is 1. The highest BCUT2D eigenvalue weighted by Crippen LogP contribution is 2.27. The number of hydrogen-bond donors (Lipinski definition) is 1. The minimum Gasteiger partial charge on any atom is -0.325 e. The lowest BCUT2D eigenvalue weighted by Crippen LogP contribution is -2.06. The van der Waals surface area contributed by atoms with Gasteiger partial charge in [-0.1, -0.05) is 37.1 Å². The van der Waals surface area contributed by atoms with Crippen molar-refractivity contribution in [3.05, 3.63) is 28.8 Å². The molecule has 0 saturated carbocycles. The van der Waals surface area contributed by atoms with Crippen LogP contribution in [-0.4, -0.2) is 11.7 Å². The summed E-state index contributed by atoms with van der Waals surface area (Å²) in [6, 6.07) is 5.67. The van der Waals surface area contributed by atoms with Crippen molar-refractivity contribution in [3.63, 3.8) is 0 Å². The molecule has 0 aliphatic carbocycles. The number of ketones is 1. The van der Waals surface area contributed by atoms with E-state index in [1.165, 1.54) is 6.92 Å². The Morgan fingerprint density at radius 3 is 2.60 bits per heavy atom. The number of nitrogens with one attached hydrogen (secondary N) is 1. The van der Waals surface area contributed by atoms with E-state index in [4.69, 9.17) is 11.6 Å². The fourth-order valence-electron chi connectivity index (χ4n) is 2.05. The number of Topliss-reactive ketones (excluding diaryl/α,β-unsaturated/α-hetero) is 1. The van der Waals surface area contributed by atoms with Crippen LogP contribution >= 0.6 is 11.6 Å². The predicted octanol–water partition coefficient (Wildman–Crippen LogP) is 4.38. The molecule has 1 amide bonds. The molecule has 0 unspecified atom stereocenters. The molecule has 0 fully saturated rings. The number of hydrogen-bond acceptors (Lipinski definition) is 2. The highest BCUT2D eigenvalue weighted by molar-refractivity contribution is 6.34. The van der Waals surface area contributed by atoms with Crippen LogP contribution in [0.5, 0.6) is 0 Å². The predicted molar refractivity (Wildman–Crippen MR) is 83.2 cm³/mol. The molecule has 20 heavy (non-hydrogen) atoms. The average Bonchev–Trinajstić information content (AvgIpc) is 2.41. The van der Waals surface area contributed by atoms with Crippen molar-refractivity contribution in [2.75, 3.05) is 5.32 Å². The van der Waals surface area contributed by atoms with Crippen LogP contribution in [0.2, 0.25) is 5.02 Å². The molecule has 1 aromatic carbocycles. The first kappa shape index (κ1) is 16.7. The van der Waals surface area contributed by atoms with E-state index in [9.17, 15) is 9.59 Å². The van der Waals surface area contributed by atoms with Crippen molar-refractivity contribution in [1.82, 2.24) is 0 Å². The summed E-state index contributed by atoms with van der Waals surface area (Å²) < 4.78 is 0. The van der Waals surface area contributed by atoms with Crippen LogP contribution in [-0.2, 0) is 16.0 Å². The number of unbranched alkanes of at least 4 members (excludes halogenated alkanes) is 2. The Bertz CT molecular complexity index is 472. The van der Waals surface area contributed by atoms with Gasteiger partial charge in [0.2, 0.25) is 5.91 Å². The van der Waals surface area contributed by atoms with Crippen molar-refractivity contribution >= 4 is 29.0 Å². The molecule has 0 aromatic heterocycles. The summed E-state index contributed by atoms with van der Waals surface area (Å²) in [5, 5.41) is 3.34. The maximum absolute atomic E-state index is 11.2. The SMILES string of the molecule is CCC(=O)CCCCCc1cccc(NC(C)=O)c1Cl. The molecular weight excluding hydrogens is 274 g/mol. The molecule has 0 heterocycles. The lowest BCUT2D eigenvalue weighted by Gasteiger charge is -2.09. The normalized spacial score (nSPS) is 10.3. The van der Waals surface area contributed by atoms with Crippen molar-refractivity contribution in [2.45, 2.75) is 52.4 Å². The Labute approximate surface area is 125 Å². The highest BCUT2D eigenvalue weighted by Gasteiger charge is 2.07. The first-order valence-electron chi connectivity index (χ1n) is 7.11. The van der Waals surface area contributed by atoms with Crippen molar-refractivity contribution in [2.24, 2.45) is 0 Å². The lowest BCUT2D eigenvalue weighted by atomic mass is 10.0. The lowest BCUT2D eigenvalue weighted by molar-refractivity contribution is -0.119. The van der Waals surface area contributed by atoms with Crippen LogP contribution in [0.15, 0.2) is 18.2 Å². The Morgan fingerprint density at radius 2 is 1.95 bits per heavy atom. The standard InChI is InChI=1S/C16H22ClNO2/c1-3-14(20)10-6-4-5-8-13-9-7-11-15(16(13)17)18-12(2)19/h7,9,11H,3-6,8,10H2,1-2H3,(H,18,19). The Hall–Kier alpha value is -1.35. The third-order valence-electron chi connectivity index (χ3n) is 3.19. The van der Waals surface area contributed by atoms with Crippen LogP contribution in [0.4, 0.5) is 5.69 Å². The fourth-order valence-corrected chi connectivity index (χ4v) is 2.32. The van der Waals surface area contributed by atoms with Crippen LogP contribution in [0, 0.1) is 0 Å². The van der Waals surface area contributed by atoms with E-state index in [1.807, 2.05) is 19.1 Å². The zero-order valence-electron chi connectivity index (χ0n) is 12.2. The van der Waals surface area contributed by atoms with E-state index >= 15 is 0 Å². The van der Waals surface area contributed by atoms with Gasteiger partial charge in [-0.15, -0.1) is 0 Å². The van der Waals surface area contributed by atoms with Gasteiger partial charge in [0.1, 0.15) is 5.78 Å². The van der Waals surface area contributed by atoms with Crippen molar-refractivity contribution in [1.29, 1.82) is 0 Å². The molecule has 0 spiro atoms. The van der Waals surface area contributed by atoms with E-state index in [0.29, 0.717) is 29.3 Å². The summed E-state index contributed by atoms with van der Waals surface area (Å²) in [5.41, 5.74) is 1.71. The topological polar surface area (TPSA) is 46.2 Å². The summed E-state index contributed by atoms with van der Waals surface area (Å²) in [5.74, 6) is 0.206. The molecule has 1 rings (SSSR count). The van der Waals surface area contributed by atoms with Gasteiger partial charge in [0.05, 0.1) is 10.7 Å². The van der Waals surface area contributed by atoms with Crippen LogP contribution in [0.3, 0.4) is 0 Å². The molecule has 1 aromatic rings. The molecule has 4 heteroatoms. The van der Waals surface area contributed by atoms with Crippen molar-refractivity contribution < 1.29 is 9.59 Å². The number of amides is 1. The average molecular weight is 296 g/mol. The minimum atomic E-state index is -0.123. The number of carbonyl (C=O) groups is 2. The van der Waals surface area contributed by atoms with Crippen LogP contribution < -0.4 is 5.32 Å². The molecule has 3 nitrogen and oxygen atoms in total. The van der Waals surface area contributed by atoms with Gasteiger partial charge in [0.15, 0.2) is 0 Å². The van der Waals surface area contributed by atoms with E-state index in [-0.39, 0.29) is 5.91 Å². The third kappa shape index (κ3) is 5.74.